The second-order valence-electron chi connectivity index (χ2n) is 6.12. The Labute approximate surface area is 158 Å². The highest BCUT2D eigenvalue weighted by molar-refractivity contribution is 7.20. The molecule has 0 N–H and O–H groups in total. The first kappa shape index (κ1) is 17.4. The number of fused-ring (bicyclic) bond motifs is 1. The normalized spacial score (nSPS) is 12.3. The zero-order valence-electron chi connectivity index (χ0n) is 14.6. The predicted octanol–water partition coefficient (Wildman–Crippen LogP) is 5.32. The minimum atomic E-state index is -0.723. The average Bonchev–Trinajstić information content (AvgIpc) is 3.30. The van der Waals surface area contributed by atoms with Crippen LogP contribution in [0, 0.1) is 12.7 Å². The first-order valence-electron chi connectivity index (χ1n) is 8.31. The molecule has 5 nitrogen and oxygen atoms in total. The molecule has 0 bridgehead atoms. The molecule has 0 aliphatic rings. The second kappa shape index (κ2) is 6.92. The smallest absolute Gasteiger partial charge is 0.349 e. The fraction of sp³-hybridized carbons (Fsp3) is 0.150. The van der Waals surface area contributed by atoms with Crippen molar-refractivity contribution >= 4 is 27.4 Å². The van der Waals surface area contributed by atoms with E-state index in [2.05, 4.69) is 10.2 Å². The molecular formula is C20H15FN2O3S. The van der Waals surface area contributed by atoms with Gasteiger partial charge in [0, 0.05) is 15.6 Å². The summed E-state index contributed by atoms with van der Waals surface area (Å²) < 4.78 is 25.5. The van der Waals surface area contributed by atoms with Gasteiger partial charge in [0.1, 0.15) is 10.7 Å². The quantitative estimate of drug-likeness (QED) is 0.447. The highest BCUT2D eigenvalue weighted by Gasteiger charge is 2.21. The van der Waals surface area contributed by atoms with Gasteiger partial charge in [0.25, 0.3) is 5.89 Å². The number of carbonyl (C=O) groups is 1. The number of ether oxygens (including phenoxy) is 1. The number of thiophene rings is 1. The standard InChI is InChI=1S/C20H15FN2O3S/c1-11-6-8-13(9-7-11)19-23-22-18(26-19)12(2)25-20(24)17-10-14-15(21)4-3-5-16(14)27-17/h3-10,12H,1-2H3. The van der Waals surface area contributed by atoms with E-state index in [9.17, 15) is 9.18 Å². The van der Waals surface area contributed by atoms with E-state index in [1.54, 1.807) is 19.1 Å². The van der Waals surface area contributed by atoms with Crippen molar-refractivity contribution < 1.29 is 18.3 Å². The molecular weight excluding hydrogens is 367 g/mol. The van der Waals surface area contributed by atoms with Crippen molar-refractivity contribution in [2.45, 2.75) is 20.0 Å². The van der Waals surface area contributed by atoms with E-state index in [1.165, 1.54) is 23.5 Å². The summed E-state index contributed by atoms with van der Waals surface area (Å²) in [6.07, 6.45) is -0.723. The first-order valence-corrected chi connectivity index (χ1v) is 9.12. The summed E-state index contributed by atoms with van der Waals surface area (Å²) in [5.41, 5.74) is 1.92. The van der Waals surface area contributed by atoms with Crippen LogP contribution in [0.3, 0.4) is 0 Å². The van der Waals surface area contributed by atoms with Gasteiger partial charge in [0.15, 0.2) is 6.10 Å². The number of benzene rings is 2. The number of halogens is 1. The van der Waals surface area contributed by atoms with Crippen LogP contribution in [0.25, 0.3) is 21.5 Å². The Balaban J connectivity index is 1.51. The maximum atomic E-state index is 13.8. The zero-order chi connectivity index (χ0) is 19.0. The Morgan fingerprint density at radius 2 is 1.96 bits per heavy atom. The average molecular weight is 382 g/mol. The van der Waals surface area contributed by atoms with Crippen LogP contribution >= 0.6 is 11.3 Å². The third-order valence-electron chi connectivity index (χ3n) is 4.08. The summed E-state index contributed by atoms with van der Waals surface area (Å²) in [5, 5.41) is 8.38. The molecule has 0 aliphatic carbocycles. The topological polar surface area (TPSA) is 65.2 Å². The molecule has 1 atom stereocenters. The van der Waals surface area contributed by atoms with E-state index in [1.807, 2.05) is 31.2 Å². The molecule has 0 aliphatic heterocycles. The number of nitrogens with zero attached hydrogens (tertiary/aromatic N) is 2. The minimum absolute atomic E-state index is 0.200. The molecule has 1 unspecified atom stereocenters. The molecule has 0 saturated carbocycles. The van der Waals surface area contributed by atoms with Crippen LogP contribution in [0.1, 0.15) is 34.2 Å². The molecule has 0 saturated heterocycles. The van der Waals surface area contributed by atoms with Crippen LogP contribution in [-0.4, -0.2) is 16.2 Å². The van der Waals surface area contributed by atoms with E-state index in [4.69, 9.17) is 9.15 Å². The number of aryl methyl sites for hydroxylation is 1. The van der Waals surface area contributed by atoms with Gasteiger partial charge in [-0.1, -0.05) is 23.8 Å². The van der Waals surface area contributed by atoms with E-state index in [0.717, 1.165) is 11.1 Å². The lowest BCUT2D eigenvalue weighted by atomic mass is 10.1. The molecule has 4 rings (SSSR count). The summed E-state index contributed by atoms with van der Waals surface area (Å²) in [6, 6.07) is 13.9. The number of carbonyl (C=O) groups excluding carboxylic acids is 1. The largest absolute Gasteiger partial charge is 0.448 e. The van der Waals surface area contributed by atoms with Crippen LogP contribution < -0.4 is 0 Å². The van der Waals surface area contributed by atoms with Crippen molar-refractivity contribution in [1.29, 1.82) is 0 Å². The van der Waals surface area contributed by atoms with Crippen molar-refractivity contribution in [2.75, 3.05) is 0 Å². The number of hydrogen-bond acceptors (Lipinski definition) is 6. The lowest BCUT2D eigenvalue weighted by molar-refractivity contribution is 0.0286. The third-order valence-corrected chi connectivity index (χ3v) is 5.16. The summed E-state index contributed by atoms with van der Waals surface area (Å²) in [6.45, 7) is 3.64. The summed E-state index contributed by atoms with van der Waals surface area (Å²) in [7, 11) is 0. The fourth-order valence-corrected chi connectivity index (χ4v) is 3.56. The molecule has 2 heterocycles. The predicted molar refractivity (Wildman–Crippen MR) is 100 cm³/mol. The van der Waals surface area contributed by atoms with Gasteiger partial charge in [-0.05, 0) is 44.2 Å². The number of aromatic nitrogens is 2. The Kier molecular flexibility index (Phi) is 4.45. The molecule has 0 fully saturated rings. The Bertz CT molecular complexity index is 1120. The van der Waals surface area contributed by atoms with Crippen molar-refractivity contribution in [3.05, 3.63) is 70.7 Å². The molecule has 0 amide bonds. The zero-order valence-corrected chi connectivity index (χ0v) is 15.4. The van der Waals surface area contributed by atoms with Gasteiger partial charge in [-0.25, -0.2) is 9.18 Å². The van der Waals surface area contributed by atoms with E-state index >= 15 is 0 Å². The van der Waals surface area contributed by atoms with E-state index in [0.29, 0.717) is 20.9 Å². The monoisotopic (exact) mass is 382 g/mol. The van der Waals surface area contributed by atoms with Crippen LogP contribution in [0.2, 0.25) is 0 Å². The maximum absolute atomic E-state index is 13.8. The van der Waals surface area contributed by atoms with Gasteiger partial charge in [0.2, 0.25) is 5.89 Å². The van der Waals surface area contributed by atoms with Crippen LogP contribution in [0.15, 0.2) is 52.9 Å². The highest BCUT2D eigenvalue weighted by Crippen LogP contribution is 2.30. The molecule has 0 spiro atoms. The number of esters is 1. The molecule has 7 heteroatoms. The Morgan fingerprint density at radius 3 is 2.70 bits per heavy atom. The Hall–Kier alpha value is -3.06. The molecule has 27 heavy (non-hydrogen) atoms. The summed E-state index contributed by atoms with van der Waals surface area (Å²) in [4.78, 5) is 12.7. The summed E-state index contributed by atoms with van der Waals surface area (Å²) >= 11 is 1.18. The lowest BCUT2D eigenvalue weighted by Gasteiger charge is -2.07. The number of rotatable bonds is 4. The molecule has 2 aromatic heterocycles. The van der Waals surface area contributed by atoms with Gasteiger partial charge in [-0.2, -0.15) is 0 Å². The second-order valence-corrected chi connectivity index (χ2v) is 7.21. The van der Waals surface area contributed by atoms with Gasteiger partial charge >= 0.3 is 5.97 Å². The fourth-order valence-electron chi connectivity index (χ4n) is 2.61. The van der Waals surface area contributed by atoms with Crippen LogP contribution in [0.4, 0.5) is 4.39 Å². The van der Waals surface area contributed by atoms with Gasteiger partial charge in [-0.15, -0.1) is 21.5 Å². The maximum Gasteiger partial charge on any atom is 0.349 e. The van der Waals surface area contributed by atoms with E-state index < -0.39 is 12.1 Å². The minimum Gasteiger partial charge on any atom is -0.448 e. The van der Waals surface area contributed by atoms with Crippen molar-refractivity contribution in [2.24, 2.45) is 0 Å². The summed E-state index contributed by atoms with van der Waals surface area (Å²) in [5.74, 6) is -0.364. The number of hydrogen-bond donors (Lipinski definition) is 0. The Morgan fingerprint density at radius 1 is 1.19 bits per heavy atom. The van der Waals surface area contributed by atoms with Crippen molar-refractivity contribution in [1.82, 2.24) is 10.2 Å². The first-order chi connectivity index (χ1) is 13.0. The molecule has 136 valence electrons. The van der Waals surface area contributed by atoms with Gasteiger partial charge < -0.3 is 9.15 Å². The molecule has 0 radical (unpaired) electrons. The van der Waals surface area contributed by atoms with E-state index in [-0.39, 0.29) is 11.7 Å². The molecule has 4 aromatic rings. The van der Waals surface area contributed by atoms with Crippen molar-refractivity contribution in [3.8, 4) is 11.5 Å². The molecule has 2 aromatic carbocycles. The SMILES string of the molecule is Cc1ccc(-c2nnc(C(C)OC(=O)c3cc4c(F)cccc4s3)o2)cc1. The highest BCUT2D eigenvalue weighted by atomic mass is 32.1. The van der Waals surface area contributed by atoms with Crippen LogP contribution in [0.5, 0.6) is 0 Å². The van der Waals surface area contributed by atoms with Crippen LogP contribution in [-0.2, 0) is 4.74 Å². The van der Waals surface area contributed by atoms with Crippen molar-refractivity contribution in [3.63, 3.8) is 0 Å². The lowest BCUT2D eigenvalue weighted by Crippen LogP contribution is -2.08. The van der Waals surface area contributed by atoms with Gasteiger partial charge in [0.05, 0.1) is 0 Å². The van der Waals surface area contributed by atoms with Gasteiger partial charge in [-0.3, -0.25) is 0 Å². The third kappa shape index (κ3) is 3.46.